The van der Waals surface area contributed by atoms with Gasteiger partial charge in [-0.05, 0) is 44.2 Å². The molecule has 1 saturated carbocycles. The smallest absolute Gasteiger partial charge is 0.377 e. The quantitative estimate of drug-likeness (QED) is 0.879. The summed E-state index contributed by atoms with van der Waals surface area (Å²) in [6.45, 7) is 2.08. The molecule has 1 aliphatic rings. The third kappa shape index (κ3) is 4.15. The van der Waals surface area contributed by atoms with Crippen molar-refractivity contribution < 1.29 is 13.2 Å². The standard InChI is InChI=1S/C17H25F3N2/c1-12(15-6-4-5-7-16(15)22(2)3)21-14-10-8-13(9-11-14)17(18,19)20/h4-7,12-14,21H,8-11H2,1-3H3. The molecule has 1 unspecified atom stereocenters. The van der Waals surface area contributed by atoms with Gasteiger partial charge in [0.15, 0.2) is 0 Å². The molecule has 0 aliphatic heterocycles. The average Bonchev–Trinajstić information content (AvgIpc) is 2.46. The van der Waals surface area contributed by atoms with Crippen LogP contribution >= 0.6 is 0 Å². The van der Waals surface area contributed by atoms with E-state index in [-0.39, 0.29) is 24.9 Å². The maximum Gasteiger partial charge on any atom is 0.391 e. The summed E-state index contributed by atoms with van der Waals surface area (Å²) in [5.41, 5.74) is 2.33. The molecule has 0 saturated heterocycles. The van der Waals surface area contributed by atoms with E-state index in [1.54, 1.807) is 0 Å². The summed E-state index contributed by atoms with van der Waals surface area (Å²) in [6, 6.07) is 8.44. The van der Waals surface area contributed by atoms with E-state index in [1.165, 1.54) is 5.56 Å². The molecule has 0 radical (unpaired) electrons. The van der Waals surface area contributed by atoms with E-state index in [0.717, 1.165) is 5.69 Å². The van der Waals surface area contributed by atoms with E-state index >= 15 is 0 Å². The van der Waals surface area contributed by atoms with Crippen molar-refractivity contribution in [2.24, 2.45) is 5.92 Å². The van der Waals surface area contributed by atoms with Crippen LogP contribution in [-0.2, 0) is 0 Å². The van der Waals surface area contributed by atoms with Crippen molar-refractivity contribution in [2.75, 3.05) is 19.0 Å². The van der Waals surface area contributed by atoms with Crippen molar-refractivity contribution in [1.82, 2.24) is 5.32 Å². The fraction of sp³-hybridized carbons (Fsp3) is 0.647. The summed E-state index contributed by atoms with van der Waals surface area (Å²) < 4.78 is 38.1. The number of anilines is 1. The van der Waals surface area contributed by atoms with E-state index in [4.69, 9.17) is 0 Å². The van der Waals surface area contributed by atoms with Crippen LogP contribution in [0.25, 0.3) is 0 Å². The van der Waals surface area contributed by atoms with Crippen molar-refractivity contribution in [1.29, 1.82) is 0 Å². The number of para-hydroxylation sites is 1. The molecule has 0 bridgehead atoms. The molecule has 0 aromatic heterocycles. The zero-order chi connectivity index (χ0) is 16.3. The Balaban J connectivity index is 1.95. The predicted octanol–water partition coefficient (Wildman–Crippen LogP) is 4.52. The van der Waals surface area contributed by atoms with Crippen LogP contribution in [0, 0.1) is 5.92 Å². The van der Waals surface area contributed by atoms with Gasteiger partial charge in [0.25, 0.3) is 0 Å². The first-order valence-electron chi connectivity index (χ1n) is 7.88. The lowest BCUT2D eigenvalue weighted by atomic mass is 9.85. The first-order chi connectivity index (χ1) is 10.3. The van der Waals surface area contributed by atoms with Crippen LogP contribution in [-0.4, -0.2) is 26.3 Å². The van der Waals surface area contributed by atoms with Gasteiger partial charge < -0.3 is 10.2 Å². The zero-order valence-electron chi connectivity index (χ0n) is 13.5. The lowest BCUT2D eigenvalue weighted by Gasteiger charge is -2.33. The molecule has 22 heavy (non-hydrogen) atoms. The Morgan fingerprint density at radius 1 is 1.09 bits per heavy atom. The number of halogens is 3. The van der Waals surface area contributed by atoms with Gasteiger partial charge in [-0.25, -0.2) is 0 Å². The van der Waals surface area contributed by atoms with Crippen molar-refractivity contribution in [3.63, 3.8) is 0 Å². The van der Waals surface area contributed by atoms with Gasteiger partial charge in [0, 0.05) is 31.9 Å². The molecule has 5 heteroatoms. The third-order valence-electron chi connectivity index (χ3n) is 4.56. The summed E-state index contributed by atoms with van der Waals surface area (Å²) in [5.74, 6) is -1.12. The molecule has 0 amide bonds. The largest absolute Gasteiger partial charge is 0.391 e. The van der Waals surface area contributed by atoms with Crippen LogP contribution in [0.15, 0.2) is 24.3 Å². The topological polar surface area (TPSA) is 15.3 Å². The van der Waals surface area contributed by atoms with Gasteiger partial charge in [0.05, 0.1) is 5.92 Å². The molecule has 124 valence electrons. The van der Waals surface area contributed by atoms with E-state index in [0.29, 0.717) is 12.8 Å². The number of nitrogens with one attached hydrogen (secondary N) is 1. The van der Waals surface area contributed by atoms with Crippen LogP contribution < -0.4 is 10.2 Å². The second-order valence-corrected chi connectivity index (χ2v) is 6.43. The second-order valence-electron chi connectivity index (χ2n) is 6.43. The highest BCUT2D eigenvalue weighted by molar-refractivity contribution is 5.53. The van der Waals surface area contributed by atoms with Gasteiger partial charge in [0.2, 0.25) is 0 Å². The number of alkyl halides is 3. The molecule has 1 aliphatic carbocycles. The van der Waals surface area contributed by atoms with E-state index in [1.807, 2.05) is 26.2 Å². The molecular formula is C17H25F3N2. The maximum atomic E-state index is 12.7. The highest BCUT2D eigenvalue weighted by Crippen LogP contribution is 2.38. The van der Waals surface area contributed by atoms with Crippen LogP contribution in [0.3, 0.4) is 0 Å². The first kappa shape index (κ1) is 17.1. The van der Waals surface area contributed by atoms with Gasteiger partial charge in [-0.1, -0.05) is 18.2 Å². The predicted molar refractivity (Wildman–Crippen MR) is 84.1 cm³/mol. The number of nitrogens with zero attached hydrogens (tertiary/aromatic N) is 1. The van der Waals surface area contributed by atoms with Gasteiger partial charge >= 0.3 is 6.18 Å². The minimum absolute atomic E-state index is 0.131. The summed E-state index contributed by atoms with van der Waals surface area (Å²) in [5, 5.41) is 3.51. The Hall–Kier alpha value is -1.23. The zero-order valence-corrected chi connectivity index (χ0v) is 13.5. The lowest BCUT2D eigenvalue weighted by Crippen LogP contribution is -2.38. The minimum Gasteiger partial charge on any atom is -0.377 e. The van der Waals surface area contributed by atoms with Crippen molar-refractivity contribution >= 4 is 5.69 Å². The Bertz CT molecular complexity index is 477. The Morgan fingerprint density at radius 2 is 1.68 bits per heavy atom. The first-order valence-corrected chi connectivity index (χ1v) is 7.88. The second kappa shape index (κ2) is 6.90. The molecule has 1 N–H and O–H groups in total. The molecule has 0 spiro atoms. The van der Waals surface area contributed by atoms with E-state index < -0.39 is 12.1 Å². The van der Waals surface area contributed by atoms with E-state index in [2.05, 4.69) is 29.3 Å². The van der Waals surface area contributed by atoms with Gasteiger partial charge in [-0.15, -0.1) is 0 Å². The van der Waals surface area contributed by atoms with Gasteiger partial charge in [0.1, 0.15) is 0 Å². The summed E-state index contributed by atoms with van der Waals surface area (Å²) in [6.07, 6.45) is -2.36. The monoisotopic (exact) mass is 314 g/mol. The maximum absolute atomic E-state index is 12.7. The Kier molecular flexibility index (Phi) is 5.37. The molecular weight excluding hydrogens is 289 g/mol. The highest BCUT2D eigenvalue weighted by Gasteiger charge is 2.41. The highest BCUT2D eigenvalue weighted by atomic mass is 19.4. The SMILES string of the molecule is CC(NC1CCC(C(F)(F)F)CC1)c1ccccc1N(C)C. The molecule has 1 atom stereocenters. The fourth-order valence-electron chi connectivity index (χ4n) is 3.29. The molecule has 0 heterocycles. The number of hydrogen-bond donors (Lipinski definition) is 1. The van der Waals surface area contributed by atoms with Crippen molar-refractivity contribution in [3.05, 3.63) is 29.8 Å². The van der Waals surface area contributed by atoms with Crippen molar-refractivity contribution in [3.8, 4) is 0 Å². The summed E-state index contributed by atoms with van der Waals surface area (Å²) in [7, 11) is 4.00. The normalized spacial score (nSPS) is 24.1. The Morgan fingerprint density at radius 3 is 2.23 bits per heavy atom. The number of rotatable bonds is 4. The summed E-state index contributed by atoms with van der Waals surface area (Å²) >= 11 is 0. The van der Waals surface area contributed by atoms with Gasteiger partial charge in [-0.2, -0.15) is 13.2 Å². The lowest BCUT2D eigenvalue weighted by molar-refractivity contribution is -0.182. The average molecular weight is 314 g/mol. The third-order valence-corrected chi connectivity index (χ3v) is 4.56. The van der Waals surface area contributed by atoms with Crippen LogP contribution in [0.1, 0.15) is 44.2 Å². The van der Waals surface area contributed by atoms with Crippen LogP contribution in [0.5, 0.6) is 0 Å². The van der Waals surface area contributed by atoms with Gasteiger partial charge in [-0.3, -0.25) is 0 Å². The molecule has 2 nitrogen and oxygen atoms in total. The summed E-state index contributed by atoms with van der Waals surface area (Å²) in [4.78, 5) is 2.06. The number of benzene rings is 1. The molecule has 1 aromatic carbocycles. The molecule has 1 aromatic rings. The minimum atomic E-state index is -4.03. The van der Waals surface area contributed by atoms with Crippen molar-refractivity contribution in [2.45, 2.75) is 50.9 Å². The Labute approximate surface area is 130 Å². The molecule has 1 fully saturated rings. The van der Waals surface area contributed by atoms with Crippen LogP contribution in [0.2, 0.25) is 0 Å². The number of hydrogen-bond acceptors (Lipinski definition) is 2. The van der Waals surface area contributed by atoms with E-state index in [9.17, 15) is 13.2 Å². The molecule has 2 rings (SSSR count). The fourth-order valence-corrected chi connectivity index (χ4v) is 3.29. The van der Waals surface area contributed by atoms with Crippen LogP contribution in [0.4, 0.5) is 18.9 Å².